The Morgan fingerprint density at radius 1 is 1.33 bits per heavy atom. The summed E-state index contributed by atoms with van der Waals surface area (Å²) in [4.78, 5) is 14.4. The fraction of sp³-hybridized carbons (Fsp3) is 0.533. The maximum Gasteiger partial charge on any atom is 0.251 e. The number of hydrogen-bond acceptors (Lipinski definition) is 3. The zero-order chi connectivity index (χ0) is 16.2. The topological polar surface area (TPSA) is 58.4 Å². The number of nitrogens with zero attached hydrogens (tertiary/aromatic N) is 1. The van der Waals surface area contributed by atoms with E-state index < -0.39 is 0 Å². The van der Waals surface area contributed by atoms with Crippen LogP contribution in [0.25, 0.3) is 0 Å². The lowest BCUT2D eigenvalue weighted by atomic mass is 10.0. The minimum Gasteiger partial charge on any atom is -0.397 e. The van der Waals surface area contributed by atoms with Gasteiger partial charge in [0.15, 0.2) is 0 Å². The van der Waals surface area contributed by atoms with Gasteiger partial charge in [-0.1, -0.05) is 37.0 Å². The Hall–Kier alpha value is -0.970. The van der Waals surface area contributed by atoms with Gasteiger partial charge in [0.1, 0.15) is 0 Å². The van der Waals surface area contributed by atoms with Crippen molar-refractivity contribution >= 4 is 34.8 Å². The van der Waals surface area contributed by atoms with E-state index in [1.807, 2.05) is 14.1 Å². The quantitative estimate of drug-likeness (QED) is 0.786. The first kappa shape index (κ1) is 18.1. The van der Waals surface area contributed by atoms with Crippen LogP contribution in [0.15, 0.2) is 12.1 Å². The van der Waals surface area contributed by atoms with Gasteiger partial charge in [0, 0.05) is 18.2 Å². The lowest BCUT2D eigenvalue weighted by Gasteiger charge is -2.24. The van der Waals surface area contributed by atoms with E-state index in [-0.39, 0.29) is 22.0 Å². The van der Waals surface area contributed by atoms with Crippen LogP contribution < -0.4 is 11.1 Å². The van der Waals surface area contributed by atoms with E-state index in [0.29, 0.717) is 17.2 Å². The summed E-state index contributed by atoms with van der Waals surface area (Å²) in [5.41, 5.74) is 6.48. The van der Waals surface area contributed by atoms with Gasteiger partial charge in [-0.3, -0.25) is 4.79 Å². The van der Waals surface area contributed by atoms with Crippen LogP contribution in [0.5, 0.6) is 0 Å². The number of likely N-dealkylation sites (N-methyl/N-ethyl adjacent to an activating group) is 1. The SMILES string of the molecule is CC(C)C[C@H](CN(C)C)NC(=O)c1cc(N)c(Cl)c(Cl)c1. The van der Waals surface area contributed by atoms with Crippen LogP contribution in [0.2, 0.25) is 10.0 Å². The Kier molecular flexibility index (Phi) is 6.78. The second-order valence-corrected chi connectivity index (χ2v) is 6.71. The molecule has 0 aliphatic heterocycles. The average Bonchev–Trinajstić information content (AvgIpc) is 2.33. The van der Waals surface area contributed by atoms with Gasteiger partial charge < -0.3 is 16.0 Å². The summed E-state index contributed by atoms with van der Waals surface area (Å²) in [5, 5.41) is 3.60. The molecule has 6 heteroatoms. The van der Waals surface area contributed by atoms with Crippen LogP contribution in [0, 0.1) is 5.92 Å². The lowest BCUT2D eigenvalue weighted by molar-refractivity contribution is 0.0924. The van der Waals surface area contributed by atoms with Crippen molar-refractivity contribution in [2.24, 2.45) is 5.92 Å². The molecule has 0 spiro atoms. The molecular formula is C15H23Cl2N3O. The highest BCUT2D eigenvalue weighted by atomic mass is 35.5. The molecule has 0 saturated carbocycles. The predicted molar refractivity (Wildman–Crippen MR) is 90.1 cm³/mol. The Morgan fingerprint density at radius 3 is 2.43 bits per heavy atom. The number of carbonyl (C=O) groups is 1. The van der Waals surface area contributed by atoms with Crippen molar-refractivity contribution in [2.45, 2.75) is 26.3 Å². The van der Waals surface area contributed by atoms with Gasteiger partial charge in [0.25, 0.3) is 5.91 Å². The van der Waals surface area contributed by atoms with Crippen LogP contribution in [0.1, 0.15) is 30.6 Å². The first-order valence-electron chi connectivity index (χ1n) is 6.90. The minimum atomic E-state index is -0.187. The zero-order valence-corrected chi connectivity index (χ0v) is 14.4. The number of benzene rings is 1. The molecule has 1 rings (SSSR count). The second-order valence-electron chi connectivity index (χ2n) is 5.92. The monoisotopic (exact) mass is 331 g/mol. The molecule has 0 saturated heterocycles. The highest BCUT2D eigenvalue weighted by Gasteiger charge is 2.17. The highest BCUT2D eigenvalue weighted by molar-refractivity contribution is 6.43. The van der Waals surface area contributed by atoms with E-state index in [1.165, 1.54) is 6.07 Å². The highest BCUT2D eigenvalue weighted by Crippen LogP contribution is 2.29. The van der Waals surface area contributed by atoms with Crippen molar-refractivity contribution in [3.8, 4) is 0 Å². The van der Waals surface area contributed by atoms with Gasteiger partial charge >= 0.3 is 0 Å². The van der Waals surface area contributed by atoms with E-state index in [1.54, 1.807) is 6.07 Å². The third kappa shape index (κ3) is 5.73. The summed E-state index contributed by atoms with van der Waals surface area (Å²) in [7, 11) is 3.97. The summed E-state index contributed by atoms with van der Waals surface area (Å²) in [6.07, 6.45) is 0.903. The lowest BCUT2D eigenvalue weighted by Crippen LogP contribution is -2.42. The van der Waals surface area contributed by atoms with Gasteiger partial charge in [-0.2, -0.15) is 0 Å². The maximum absolute atomic E-state index is 12.3. The molecule has 4 nitrogen and oxygen atoms in total. The van der Waals surface area contributed by atoms with Crippen LogP contribution >= 0.6 is 23.2 Å². The minimum absolute atomic E-state index is 0.0724. The van der Waals surface area contributed by atoms with Crippen LogP contribution in [-0.4, -0.2) is 37.5 Å². The number of halogens is 2. The van der Waals surface area contributed by atoms with Crippen molar-refractivity contribution in [3.05, 3.63) is 27.7 Å². The third-order valence-electron chi connectivity index (χ3n) is 3.00. The number of hydrogen-bond donors (Lipinski definition) is 2. The van der Waals surface area contributed by atoms with E-state index in [2.05, 4.69) is 24.1 Å². The molecule has 3 N–H and O–H groups in total. The van der Waals surface area contributed by atoms with Crippen LogP contribution in [0.3, 0.4) is 0 Å². The summed E-state index contributed by atoms with van der Waals surface area (Å²) in [6, 6.07) is 3.16. The van der Waals surface area contributed by atoms with Crippen LogP contribution in [-0.2, 0) is 0 Å². The average molecular weight is 332 g/mol. The molecular weight excluding hydrogens is 309 g/mol. The summed E-state index contributed by atoms with van der Waals surface area (Å²) in [5.74, 6) is 0.307. The number of nitrogens with two attached hydrogens (primary N) is 1. The molecule has 1 aromatic carbocycles. The Balaban J connectivity index is 2.86. The van der Waals surface area contributed by atoms with E-state index in [9.17, 15) is 4.79 Å². The largest absolute Gasteiger partial charge is 0.397 e. The zero-order valence-electron chi connectivity index (χ0n) is 12.9. The molecule has 0 aliphatic rings. The van der Waals surface area contributed by atoms with E-state index in [0.717, 1.165) is 13.0 Å². The first-order valence-corrected chi connectivity index (χ1v) is 7.66. The number of amides is 1. The molecule has 1 aromatic rings. The van der Waals surface area contributed by atoms with Gasteiger partial charge in [0.05, 0.1) is 15.7 Å². The van der Waals surface area contributed by atoms with Crippen molar-refractivity contribution in [1.29, 1.82) is 0 Å². The van der Waals surface area contributed by atoms with Crippen molar-refractivity contribution in [1.82, 2.24) is 10.2 Å². The number of anilines is 1. The molecule has 0 bridgehead atoms. The molecule has 118 valence electrons. The summed E-state index contributed by atoms with van der Waals surface area (Å²) in [6.45, 7) is 5.04. The predicted octanol–water partition coefficient (Wildman–Crippen LogP) is 3.28. The summed E-state index contributed by atoms with van der Waals surface area (Å²) >= 11 is 11.9. The Labute approximate surface area is 136 Å². The molecule has 0 heterocycles. The smallest absolute Gasteiger partial charge is 0.251 e. The molecule has 0 radical (unpaired) electrons. The van der Waals surface area contributed by atoms with E-state index in [4.69, 9.17) is 28.9 Å². The Morgan fingerprint density at radius 2 is 1.95 bits per heavy atom. The number of carbonyl (C=O) groups excluding carboxylic acids is 1. The third-order valence-corrected chi connectivity index (χ3v) is 3.81. The summed E-state index contributed by atoms with van der Waals surface area (Å²) < 4.78 is 0. The van der Waals surface area contributed by atoms with Gasteiger partial charge in [0.2, 0.25) is 0 Å². The van der Waals surface area contributed by atoms with Gasteiger partial charge in [-0.15, -0.1) is 0 Å². The van der Waals surface area contributed by atoms with Crippen molar-refractivity contribution in [3.63, 3.8) is 0 Å². The maximum atomic E-state index is 12.3. The molecule has 1 atom stereocenters. The molecule has 0 aromatic heterocycles. The first-order chi connectivity index (χ1) is 9.70. The molecule has 1 amide bonds. The fourth-order valence-corrected chi connectivity index (χ4v) is 2.53. The van der Waals surface area contributed by atoms with Gasteiger partial charge in [-0.25, -0.2) is 0 Å². The van der Waals surface area contributed by atoms with Crippen molar-refractivity contribution < 1.29 is 4.79 Å². The van der Waals surface area contributed by atoms with Crippen molar-refractivity contribution in [2.75, 3.05) is 26.4 Å². The molecule has 21 heavy (non-hydrogen) atoms. The molecule has 0 fully saturated rings. The standard InChI is InChI=1S/C15H23Cl2N3O/c1-9(2)5-11(8-20(3)4)19-15(21)10-6-12(16)14(17)13(18)7-10/h6-7,9,11H,5,8,18H2,1-4H3,(H,19,21)/t11-/m1/s1. The molecule has 0 unspecified atom stereocenters. The second kappa shape index (κ2) is 7.87. The Bertz CT molecular complexity index is 471. The number of rotatable bonds is 6. The number of nitrogen functional groups attached to an aromatic ring is 1. The number of nitrogens with one attached hydrogen (secondary N) is 1. The molecule has 0 aliphatic carbocycles. The van der Waals surface area contributed by atoms with Gasteiger partial charge in [-0.05, 0) is 38.6 Å². The fourth-order valence-electron chi connectivity index (χ4n) is 2.20. The normalized spacial score (nSPS) is 12.8. The van der Waals surface area contributed by atoms with Crippen LogP contribution in [0.4, 0.5) is 5.69 Å². The van der Waals surface area contributed by atoms with E-state index >= 15 is 0 Å².